The van der Waals surface area contributed by atoms with Crippen molar-refractivity contribution in [2.45, 2.75) is 27.2 Å². The first-order chi connectivity index (χ1) is 9.65. The molecule has 0 aromatic heterocycles. The minimum absolute atomic E-state index is 0.702. The number of benzene rings is 1. The maximum absolute atomic E-state index is 10.8. The van der Waals surface area contributed by atoms with Crippen molar-refractivity contribution in [2.24, 2.45) is 0 Å². The van der Waals surface area contributed by atoms with Gasteiger partial charge >= 0.3 is 0 Å². The number of carbonyl (C=O) groups excluding carboxylic acids is 1. The number of aldehydes is 1. The molecule has 0 heterocycles. The molecule has 0 saturated carbocycles. The van der Waals surface area contributed by atoms with E-state index >= 15 is 0 Å². The molecule has 0 bridgehead atoms. The van der Waals surface area contributed by atoms with E-state index in [1.54, 1.807) is 0 Å². The highest BCUT2D eigenvalue weighted by Crippen LogP contribution is 2.23. The summed E-state index contributed by atoms with van der Waals surface area (Å²) in [5.41, 5.74) is 1.87. The summed E-state index contributed by atoms with van der Waals surface area (Å²) < 4.78 is 0.868. The molecule has 0 fully saturated rings. The zero-order valence-electron chi connectivity index (χ0n) is 12.7. The van der Waals surface area contributed by atoms with Crippen LogP contribution in [0.15, 0.2) is 22.7 Å². The van der Waals surface area contributed by atoms with Gasteiger partial charge in [-0.1, -0.05) is 13.8 Å². The lowest BCUT2D eigenvalue weighted by Gasteiger charge is -2.25. The highest BCUT2D eigenvalue weighted by molar-refractivity contribution is 9.10. The second-order valence-electron chi connectivity index (χ2n) is 4.78. The summed E-state index contributed by atoms with van der Waals surface area (Å²) in [5, 5.41) is 0. The molecule has 1 rings (SSSR count). The van der Waals surface area contributed by atoms with Gasteiger partial charge in [-0.2, -0.15) is 0 Å². The van der Waals surface area contributed by atoms with Gasteiger partial charge in [0.2, 0.25) is 0 Å². The molecule has 0 aliphatic carbocycles. The Morgan fingerprint density at radius 2 is 1.80 bits per heavy atom. The maximum atomic E-state index is 10.8. The van der Waals surface area contributed by atoms with E-state index in [1.807, 2.05) is 18.2 Å². The third-order valence-electron chi connectivity index (χ3n) is 3.65. The summed E-state index contributed by atoms with van der Waals surface area (Å²) in [7, 11) is 0. The lowest BCUT2D eigenvalue weighted by molar-refractivity contribution is 0.112. The van der Waals surface area contributed by atoms with Crippen LogP contribution in [0.2, 0.25) is 0 Å². The average Bonchev–Trinajstić information content (AvgIpc) is 2.47. The largest absolute Gasteiger partial charge is 0.372 e. The molecule has 0 amide bonds. The summed E-state index contributed by atoms with van der Waals surface area (Å²) in [4.78, 5) is 15.6. The molecule has 3 nitrogen and oxygen atoms in total. The van der Waals surface area contributed by atoms with E-state index in [-0.39, 0.29) is 0 Å². The number of halogens is 1. The van der Waals surface area contributed by atoms with Gasteiger partial charge < -0.3 is 9.80 Å². The monoisotopic (exact) mass is 340 g/mol. The first-order valence-electron chi connectivity index (χ1n) is 7.38. The highest BCUT2D eigenvalue weighted by Gasteiger charge is 2.08. The molecular weight excluding hydrogens is 316 g/mol. The predicted molar refractivity (Wildman–Crippen MR) is 89.8 cm³/mol. The zero-order chi connectivity index (χ0) is 15.0. The van der Waals surface area contributed by atoms with Gasteiger partial charge in [-0.15, -0.1) is 0 Å². The Kier molecular flexibility index (Phi) is 7.85. The van der Waals surface area contributed by atoms with Crippen LogP contribution in [-0.2, 0) is 0 Å². The third kappa shape index (κ3) is 4.91. The number of carbonyl (C=O) groups is 1. The lowest BCUT2D eigenvalue weighted by Crippen LogP contribution is -2.30. The second kappa shape index (κ2) is 9.14. The molecule has 1 aromatic carbocycles. The number of hydrogen-bond donors (Lipinski definition) is 0. The lowest BCUT2D eigenvalue weighted by atomic mass is 10.2. The zero-order valence-corrected chi connectivity index (χ0v) is 14.3. The van der Waals surface area contributed by atoms with Gasteiger partial charge in [0, 0.05) is 28.8 Å². The van der Waals surface area contributed by atoms with Crippen molar-refractivity contribution in [1.29, 1.82) is 0 Å². The van der Waals surface area contributed by atoms with Crippen LogP contribution < -0.4 is 4.90 Å². The minimum atomic E-state index is 0.702. The SMILES string of the molecule is CCN(CC)CCCN(CC)c1ccc(C=O)c(Br)c1. The smallest absolute Gasteiger partial charge is 0.151 e. The summed E-state index contributed by atoms with van der Waals surface area (Å²) in [6.07, 6.45) is 2.03. The fraction of sp³-hybridized carbons (Fsp3) is 0.562. The number of rotatable bonds is 9. The first kappa shape index (κ1) is 17.2. The van der Waals surface area contributed by atoms with Crippen LogP contribution in [0.5, 0.6) is 0 Å². The molecule has 1 aromatic rings. The predicted octanol–water partition coefficient (Wildman–Crippen LogP) is 3.82. The summed E-state index contributed by atoms with van der Waals surface area (Å²) in [6.45, 7) is 12.0. The Labute approximate surface area is 131 Å². The summed E-state index contributed by atoms with van der Waals surface area (Å²) >= 11 is 3.45. The Bertz CT molecular complexity index is 419. The van der Waals surface area contributed by atoms with E-state index in [0.29, 0.717) is 5.56 Å². The van der Waals surface area contributed by atoms with Gasteiger partial charge in [-0.05, 0) is 67.1 Å². The number of hydrogen-bond acceptors (Lipinski definition) is 3. The van der Waals surface area contributed by atoms with E-state index < -0.39 is 0 Å². The second-order valence-corrected chi connectivity index (χ2v) is 5.64. The fourth-order valence-corrected chi connectivity index (χ4v) is 2.76. The van der Waals surface area contributed by atoms with Crippen molar-refractivity contribution in [2.75, 3.05) is 37.6 Å². The van der Waals surface area contributed by atoms with Gasteiger partial charge in [0.05, 0.1) is 0 Å². The van der Waals surface area contributed by atoms with Crippen molar-refractivity contribution < 1.29 is 4.79 Å². The Hall–Kier alpha value is -0.870. The fourth-order valence-electron chi connectivity index (χ4n) is 2.30. The van der Waals surface area contributed by atoms with E-state index in [9.17, 15) is 4.79 Å². The van der Waals surface area contributed by atoms with Crippen LogP contribution in [0, 0.1) is 0 Å². The van der Waals surface area contributed by atoms with E-state index in [0.717, 1.165) is 49.9 Å². The van der Waals surface area contributed by atoms with Gasteiger partial charge in [-0.25, -0.2) is 0 Å². The standard InChI is InChI=1S/C16H25BrN2O/c1-4-18(5-2)10-7-11-19(6-3)15-9-8-14(13-20)16(17)12-15/h8-9,12-13H,4-7,10-11H2,1-3H3. The maximum Gasteiger partial charge on any atom is 0.151 e. The van der Waals surface area contributed by atoms with Gasteiger partial charge in [0.15, 0.2) is 6.29 Å². The molecule has 0 atom stereocenters. The van der Waals surface area contributed by atoms with Crippen LogP contribution >= 0.6 is 15.9 Å². The van der Waals surface area contributed by atoms with Gasteiger partial charge in [0.1, 0.15) is 0 Å². The summed E-state index contributed by atoms with van der Waals surface area (Å²) in [5.74, 6) is 0. The van der Waals surface area contributed by atoms with Crippen LogP contribution in [-0.4, -0.2) is 43.9 Å². The minimum Gasteiger partial charge on any atom is -0.372 e. The Morgan fingerprint density at radius 1 is 1.10 bits per heavy atom. The van der Waals surface area contributed by atoms with Crippen molar-refractivity contribution in [3.05, 3.63) is 28.2 Å². The van der Waals surface area contributed by atoms with Crippen LogP contribution in [0.1, 0.15) is 37.6 Å². The average molecular weight is 341 g/mol. The number of nitrogens with zero attached hydrogens (tertiary/aromatic N) is 2. The van der Waals surface area contributed by atoms with Gasteiger partial charge in [0.25, 0.3) is 0 Å². The van der Waals surface area contributed by atoms with E-state index in [1.165, 1.54) is 5.69 Å². The van der Waals surface area contributed by atoms with Crippen molar-refractivity contribution >= 4 is 27.9 Å². The molecule has 0 spiro atoms. The molecule has 0 saturated heterocycles. The molecule has 4 heteroatoms. The van der Waals surface area contributed by atoms with Crippen molar-refractivity contribution in [1.82, 2.24) is 4.90 Å². The Morgan fingerprint density at radius 3 is 2.30 bits per heavy atom. The number of anilines is 1. The third-order valence-corrected chi connectivity index (χ3v) is 4.34. The molecule has 0 unspecified atom stereocenters. The van der Waals surface area contributed by atoms with Gasteiger partial charge in [-0.3, -0.25) is 4.79 Å². The molecule has 112 valence electrons. The molecule has 0 aliphatic rings. The molecule has 20 heavy (non-hydrogen) atoms. The van der Waals surface area contributed by atoms with Crippen LogP contribution in [0.4, 0.5) is 5.69 Å². The molecule has 0 aliphatic heterocycles. The summed E-state index contributed by atoms with van der Waals surface area (Å²) in [6, 6.07) is 5.93. The quantitative estimate of drug-likeness (QED) is 0.638. The first-order valence-corrected chi connectivity index (χ1v) is 8.17. The topological polar surface area (TPSA) is 23.6 Å². The van der Waals surface area contributed by atoms with Crippen molar-refractivity contribution in [3.63, 3.8) is 0 Å². The van der Waals surface area contributed by atoms with Crippen molar-refractivity contribution in [3.8, 4) is 0 Å². The van der Waals surface area contributed by atoms with E-state index in [4.69, 9.17) is 0 Å². The molecular formula is C16H25BrN2O. The van der Waals surface area contributed by atoms with Crippen LogP contribution in [0.25, 0.3) is 0 Å². The molecule has 0 radical (unpaired) electrons. The molecule has 0 N–H and O–H groups in total. The van der Waals surface area contributed by atoms with Crippen LogP contribution in [0.3, 0.4) is 0 Å². The van der Waals surface area contributed by atoms with E-state index in [2.05, 4.69) is 46.5 Å². The highest BCUT2D eigenvalue weighted by atomic mass is 79.9. The normalized spacial score (nSPS) is 10.8. The Balaban J connectivity index is 2.62.